The third-order valence-electron chi connectivity index (χ3n) is 7.07. The number of aryl methyl sites for hydroxylation is 1. The lowest BCUT2D eigenvalue weighted by Gasteiger charge is -2.24. The number of piperidine rings is 1. The van der Waals surface area contributed by atoms with Gasteiger partial charge >= 0.3 is 0 Å². The summed E-state index contributed by atoms with van der Waals surface area (Å²) in [4.78, 5) is 7.19. The molecule has 0 spiro atoms. The molecule has 3 atom stereocenters. The standard InChI is InChI=1S/C25H29N7/c1-15-18(11-26)6-4-8-20(15)16(2)29-25-21-10-24(28-12-22(21)17(3)30-31-25)32-13-19-7-5-9-27-23(19)14-32/h4,6,8,10,12,16,19,23,27H,5,7,9,13-14H2,1-3H3,(H,29,31)/t16-,19-,23+/m1/s1. The lowest BCUT2D eigenvalue weighted by molar-refractivity contribution is 0.340. The number of fused-ring (bicyclic) bond motifs is 2. The molecule has 2 fully saturated rings. The van der Waals surface area contributed by atoms with Gasteiger partial charge in [-0.2, -0.15) is 10.4 Å². The summed E-state index contributed by atoms with van der Waals surface area (Å²) < 4.78 is 0. The first-order valence-electron chi connectivity index (χ1n) is 11.4. The van der Waals surface area contributed by atoms with Gasteiger partial charge in [0.2, 0.25) is 0 Å². The zero-order chi connectivity index (χ0) is 22.2. The number of hydrogen-bond donors (Lipinski definition) is 2. The van der Waals surface area contributed by atoms with Gasteiger partial charge in [-0.25, -0.2) is 4.98 Å². The topological polar surface area (TPSA) is 89.8 Å². The molecule has 0 unspecified atom stereocenters. The lowest BCUT2D eigenvalue weighted by Crippen LogP contribution is -2.40. The van der Waals surface area contributed by atoms with E-state index in [9.17, 15) is 5.26 Å². The second-order valence-corrected chi connectivity index (χ2v) is 9.09. The molecule has 0 amide bonds. The van der Waals surface area contributed by atoms with Gasteiger partial charge in [-0.3, -0.25) is 0 Å². The molecule has 3 aromatic rings. The first-order chi connectivity index (χ1) is 15.5. The fraction of sp³-hybridized carbons (Fsp3) is 0.440. The number of nitriles is 1. The minimum absolute atomic E-state index is 0.0148. The fourth-order valence-electron chi connectivity index (χ4n) is 5.20. The highest BCUT2D eigenvalue weighted by molar-refractivity contribution is 5.94. The highest BCUT2D eigenvalue weighted by Crippen LogP contribution is 2.33. The van der Waals surface area contributed by atoms with E-state index in [1.165, 1.54) is 12.8 Å². The molecule has 0 saturated carbocycles. The number of aromatic nitrogens is 3. The van der Waals surface area contributed by atoms with Crippen molar-refractivity contribution < 1.29 is 0 Å². The summed E-state index contributed by atoms with van der Waals surface area (Å²) in [5.74, 6) is 2.45. The summed E-state index contributed by atoms with van der Waals surface area (Å²) in [6.45, 7) is 9.22. The summed E-state index contributed by atoms with van der Waals surface area (Å²) in [6, 6.07) is 10.8. The maximum absolute atomic E-state index is 9.39. The zero-order valence-electron chi connectivity index (χ0n) is 18.9. The maximum atomic E-state index is 9.39. The van der Waals surface area contributed by atoms with Crippen LogP contribution in [0.2, 0.25) is 0 Å². The predicted molar refractivity (Wildman–Crippen MR) is 127 cm³/mol. The highest BCUT2D eigenvalue weighted by Gasteiger charge is 2.34. The average molecular weight is 428 g/mol. The minimum Gasteiger partial charge on any atom is -0.362 e. The van der Waals surface area contributed by atoms with Gasteiger partial charge in [0.25, 0.3) is 0 Å². The van der Waals surface area contributed by atoms with Gasteiger partial charge in [-0.1, -0.05) is 12.1 Å². The Bertz CT molecular complexity index is 1180. The Kier molecular flexibility index (Phi) is 5.40. The number of anilines is 2. The molecule has 0 bridgehead atoms. The molecule has 32 heavy (non-hydrogen) atoms. The van der Waals surface area contributed by atoms with Crippen LogP contribution in [0.25, 0.3) is 10.8 Å². The van der Waals surface area contributed by atoms with Crippen molar-refractivity contribution in [2.75, 3.05) is 29.9 Å². The van der Waals surface area contributed by atoms with Crippen molar-refractivity contribution in [3.05, 3.63) is 52.8 Å². The van der Waals surface area contributed by atoms with Gasteiger partial charge in [0.1, 0.15) is 5.82 Å². The van der Waals surface area contributed by atoms with E-state index in [0.717, 1.165) is 58.9 Å². The number of nitrogens with one attached hydrogen (secondary N) is 2. The van der Waals surface area contributed by atoms with Crippen LogP contribution in [0.3, 0.4) is 0 Å². The molecule has 2 saturated heterocycles. The highest BCUT2D eigenvalue weighted by atomic mass is 15.2. The van der Waals surface area contributed by atoms with Crippen molar-refractivity contribution in [3.8, 4) is 6.07 Å². The Morgan fingerprint density at radius 1 is 1.22 bits per heavy atom. The summed E-state index contributed by atoms with van der Waals surface area (Å²) in [6.07, 6.45) is 4.48. The number of hydrogen-bond acceptors (Lipinski definition) is 7. The van der Waals surface area contributed by atoms with Gasteiger partial charge in [-0.05, 0) is 69.3 Å². The maximum Gasteiger partial charge on any atom is 0.157 e. The van der Waals surface area contributed by atoms with Gasteiger partial charge in [0.15, 0.2) is 5.82 Å². The Labute approximate surface area is 188 Å². The summed E-state index contributed by atoms with van der Waals surface area (Å²) in [7, 11) is 0. The van der Waals surface area contributed by atoms with Crippen molar-refractivity contribution in [1.82, 2.24) is 20.5 Å². The second kappa shape index (κ2) is 8.36. The number of rotatable bonds is 4. The zero-order valence-corrected chi connectivity index (χ0v) is 18.9. The van der Waals surface area contributed by atoms with Crippen LogP contribution in [0.5, 0.6) is 0 Å². The molecule has 2 aliphatic heterocycles. The minimum atomic E-state index is -0.0148. The van der Waals surface area contributed by atoms with Crippen LogP contribution < -0.4 is 15.5 Å². The van der Waals surface area contributed by atoms with E-state index in [1.54, 1.807) is 0 Å². The van der Waals surface area contributed by atoms with E-state index in [1.807, 2.05) is 32.2 Å². The molecule has 0 aliphatic carbocycles. The van der Waals surface area contributed by atoms with Crippen molar-refractivity contribution >= 4 is 22.4 Å². The Hall–Kier alpha value is -3.24. The summed E-state index contributed by atoms with van der Waals surface area (Å²) in [5, 5.41) is 27.5. The van der Waals surface area contributed by atoms with Gasteiger partial charge < -0.3 is 15.5 Å². The summed E-state index contributed by atoms with van der Waals surface area (Å²) in [5.41, 5.74) is 3.65. The predicted octanol–water partition coefficient (Wildman–Crippen LogP) is 3.87. The van der Waals surface area contributed by atoms with E-state index in [-0.39, 0.29) is 6.04 Å². The molecule has 1 aromatic carbocycles. The van der Waals surface area contributed by atoms with Crippen molar-refractivity contribution in [3.63, 3.8) is 0 Å². The average Bonchev–Trinajstić information content (AvgIpc) is 3.25. The van der Waals surface area contributed by atoms with E-state index < -0.39 is 0 Å². The number of pyridine rings is 1. The van der Waals surface area contributed by atoms with Gasteiger partial charge in [0, 0.05) is 36.1 Å². The largest absolute Gasteiger partial charge is 0.362 e. The Morgan fingerprint density at radius 2 is 2.09 bits per heavy atom. The van der Waals surface area contributed by atoms with Crippen molar-refractivity contribution in [2.45, 2.75) is 45.7 Å². The summed E-state index contributed by atoms with van der Waals surface area (Å²) >= 11 is 0. The quantitative estimate of drug-likeness (QED) is 0.653. The monoisotopic (exact) mass is 427 g/mol. The van der Waals surface area contributed by atoms with Crippen molar-refractivity contribution in [1.29, 1.82) is 5.26 Å². The van der Waals surface area contributed by atoms with Crippen LogP contribution in [-0.4, -0.2) is 40.9 Å². The first-order valence-corrected chi connectivity index (χ1v) is 11.4. The number of nitrogens with zero attached hydrogens (tertiary/aromatic N) is 5. The molecule has 2 N–H and O–H groups in total. The smallest absolute Gasteiger partial charge is 0.157 e. The van der Waals surface area contributed by atoms with Crippen LogP contribution in [0, 0.1) is 31.1 Å². The molecule has 2 aliphatic rings. The van der Waals surface area contributed by atoms with Crippen molar-refractivity contribution in [2.24, 2.45) is 5.92 Å². The number of benzene rings is 1. The van der Waals surface area contributed by atoms with E-state index in [4.69, 9.17) is 4.98 Å². The molecule has 164 valence electrons. The third kappa shape index (κ3) is 3.65. The molecule has 7 heteroatoms. The first kappa shape index (κ1) is 20.7. The van der Waals surface area contributed by atoms with Crippen LogP contribution >= 0.6 is 0 Å². The third-order valence-corrected chi connectivity index (χ3v) is 7.07. The molecular formula is C25H29N7. The van der Waals surface area contributed by atoms with E-state index in [0.29, 0.717) is 17.5 Å². The van der Waals surface area contributed by atoms with Crippen LogP contribution in [0.15, 0.2) is 30.5 Å². The molecule has 7 nitrogen and oxygen atoms in total. The molecular weight excluding hydrogens is 398 g/mol. The lowest BCUT2D eigenvalue weighted by atomic mass is 9.94. The molecule has 0 radical (unpaired) electrons. The Balaban J connectivity index is 1.48. The fourth-order valence-corrected chi connectivity index (χ4v) is 5.20. The molecule has 5 rings (SSSR count). The SMILES string of the molecule is Cc1c(C#N)cccc1[C@@H](C)Nc1nnc(C)c2cnc(N3C[C@H]4CCCN[C@H]4C3)cc12. The Morgan fingerprint density at radius 3 is 2.91 bits per heavy atom. The van der Waals surface area contributed by atoms with Crippen LogP contribution in [-0.2, 0) is 0 Å². The van der Waals surface area contributed by atoms with Crippen LogP contribution in [0.1, 0.15) is 48.2 Å². The molecule has 2 aromatic heterocycles. The van der Waals surface area contributed by atoms with Gasteiger partial charge in [0.05, 0.1) is 23.4 Å². The normalized spacial score (nSPS) is 21.2. The second-order valence-electron chi connectivity index (χ2n) is 9.09. The van der Waals surface area contributed by atoms with E-state index in [2.05, 4.69) is 50.9 Å². The van der Waals surface area contributed by atoms with Crippen LogP contribution in [0.4, 0.5) is 11.6 Å². The van der Waals surface area contributed by atoms with Gasteiger partial charge in [-0.15, -0.1) is 5.10 Å². The molecule has 4 heterocycles. The van der Waals surface area contributed by atoms with E-state index >= 15 is 0 Å².